The summed E-state index contributed by atoms with van der Waals surface area (Å²) in [4.78, 5) is 0. The van der Waals surface area contributed by atoms with E-state index in [-0.39, 0.29) is 0 Å². The van der Waals surface area contributed by atoms with Crippen LogP contribution in [0, 0.1) is 19.8 Å². The van der Waals surface area contributed by atoms with E-state index in [1.165, 1.54) is 32.7 Å². The lowest BCUT2D eigenvalue weighted by Crippen LogP contribution is -2.57. The van der Waals surface area contributed by atoms with Crippen LogP contribution in [0.15, 0.2) is 54.6 Å². The van der Waals surface area contributed by atoms with Crippen molar-refractivity contribution < 1.29 is 9.84 Å². The summed E-state index contributed by atoms with van der Waals surface area (Å²) in [6.07, 6.45) is 7.01. The Morgan fingerprint density at radius 1 is 1.00 bits per heavy atom. The molecule has 138 valence electrons. The lowest BCUT2D eigenvalue weighted by Gasteiger charge is -2.53. The summed E-state index contributed by atoms with van der Waals surface area (Å²) in [5.74, 6) is 0.430. The number of aliphatic hydroxyl groups is 1. The molecule has 1 N–H and O–H groups in total. The number of benzene rings is 3. The molecule has 27 heavy (non-hydrogen) atoms. The third kappa shape index (κ3) is 2.20. The number of fused-ring (bicyclic) bond motifs is 5. The molecule has 3 atom stereocenters. The third-order valence-electron chi connectivity index (χ3n) is 7.05. The average molecular weight is 358 g/mol. The highest BCUT2D eigenvalue weighted by Gasteiger charge is 2.56. The molecule has 0 radical (unpaired) electrons. The van der Waals surface area contributed by atoms with Crippen LogP contribution in [0.4, 0.5) is 0 Å². The van der Waals surface area contributed by atoms with Gasteiger partial charge in [0.05, 0.1) is 0 Å². The van der Waals surface area contributed by atoms with Crippen molar-refractivity contribution in [2.45, 2.75) is 44.3 Å². The zero-order chi connectivity index (χ0) is 18.8. The zero-order valence-corrected chi connectivity index (χ0v) is 16.3. The second kappa shape index (κ2) is 5.67. The molecule has 3 aliphatic rings. The standard InChI is InChI=1S/C25H26O2/c1-16-4-5-17(2)23-21(16)9-7-19-6-8-20(14-22(19)23)25(26)15-18-10-12-24(25,27-3)13-11-18/h4-10,12,14,18,26H,11,13,15H2,1-3H3/t18-,24-,25-/m0/s1. The first-order valence-corrected chi connectivity index (χ1v) is 9.87. The van der Waals surface area contributed by atoms with Gasteiger partial charge in [-0.1, -0.05) is 48.6 Å². The minimum Gasteiger partial charge on any atom is -0.382 e. The molecule has 2 bridgehead atoms. The Morgan fingerprint density at radius 3 is 2.52 bits per heavy atom. The highest BCUT2D eigenvalue weighted by atomic mass is 16.5. The summed E-state index contributed by atoms with van der Waals surface area (Å²) in [7, 11) is 1.73. The Kier molecular flexibility index (Phi) is 3.56. The molecule has 0 heterocycles. The van der Waals surface area contributed by atoms with Gasteiger partial charge in [0, 0.05) is 7.11 Å². The van der Waals surface area contributed by atoms with Crippen molar-refractivity contribution in [1.82, 2.24) is 0 Å². The Labute approximate surface area is 160 Å². The molecule has 6 rings (SSSR count). The number of aryl methyl sites for hydroxylation is 2. The summed E-state index contributed by atoms with van der Waals surface area (Å²) >= 11 is 0. The molecule has 2 nitrogen and oxygen atoms in total. The first kappa shape index (κ1) is 17.0. The first-order chi connectivity index (χ1) is 13.0. The summed E-state index contributed by atoms with van der Waals surface area (Å²) in [5.41, 5.74) is 1.93. The number of hydrogen-bond donors (Lipinski definition) is 1. The predicted octanol–water partition coefficient (Wildman–Crippen LogP) is 5.55. The van der Waals surface area contributed by atoms with Crippen LogP contribution < -0.4 is 0 Å². The van der Waals surface area contributed by atoms with Gasteiger partial charge in [0.2, 0.25) is 0 Å². The maximum absolute atomic E-state index is 11.9. The molecule has 3 aromatic carbocycles. The molecule has 0 saturated heterocycles. The Hall–Kier alpha value is -2.16. The van der Waals surface area contributed by atoms with Gasteiger partial charge in [-0.3, -0.25) is 0 Å². The molecule has 0 unspecified atom stereocenters. The van der Waals surface area contributed by atoms with Crippen LogP contribution in [0.5, 0.6) is 0 Å². The fraction of sp³-hybridized carbons (Fsp3) is 0.360. The van der Waals surface area contributed by atoms with Crippen molar-refractivity contribution in [3.05, 3.63) is 71.3 Å². The van der Waals surface area contributed by atoms with Crippen LogP contribution in [0.3, 0.4) is 0 Å². The summed E-state index contributed by atoms with van der Waals surface area (Å²) in [6, 6.07) is 15.2. The summed E-state index contributed by atoms with van der Waals surface area (Å²) < 4.78 is 5.94. The second-order valence-electron chi connectivity index (χ2n) is 8.44. The zero-order valence-electron chi connectivity index (χ0n) is 16.3. The second-order valence-corrected chi connectivity index (χ2v) is 8.44. The molecular formula is C25H26O2. The fourth-order valence-electron chi connectivity index (χ4n) is 5.39. The van der Waals surface area contributed by atoms with Crippen LogP contribution in [0.2, 0.25) is 0 Å². The van der Waals surface area contributed by atoms with E-state index in [4.69, 9.17) is 4.74 Å². The van der Waals surface area contributed by atoms with Crippen LogP contribution >= 0.6 is 0 Å². The predicted molar refractivity (Wildman–Crippen MR) is 111 cm³/mol. The number of rotatable bonds is 2. The van der Waals surface area contributed by atoms with Crippen molar-refractivity contribution in [1.29, 1.82) is 0 Å². The van der Waals surface area contributed by atoms with Crippen LogP contribution in [0.25, 0.3) is 21.5 Å². The highest BCUT2D eigenvalue weighted by molar-refractivity contribution is 6.10. The van der Waals surface area contributed by atoms with Gasteiger partial charge in [-0.25, -0.2) is 0 Å². The highest BCUT2D eigenvalue weighted by Crippen LogP contribution is 2.53. The molecule has 0 aliphatic heterocycles. The van der Waals surface area contributed by atoms with Gasteiger partial charge in [0.25, 0.3) is 0 Å². The first-order valence-electron chi connectivity index (χ1n) is 9.87. The van der Waals surface area contributed by atoms with Crippen molar-refractivity contribution in [2.75, 3.05) is 7.11 Å². The lowest BCUT2D eigenvalue weighted by molar-refractivity contribution is -0.185. The molecule has 1 saturated carbocycles. The number of allylic oxidation sites excluding steroid dienone is 1. The summed E-state index contributed by atoms with van der Waals surface area (Å²) in [5, 5.41) is 16.9. The molecule has 3 aromatic rings. The third-order valence-corrected chi connectivity index (χ3v) is 7.05. The van der Waals surface area contributed by atoms with Gasteiger partial charge >= 0.3 is 0 Å². The van der Waals surface area contributed by atoms with Crippen LogP contribution in [-0.2, 0) is 10.3 Å². The topological polar surface area (TPSA) is 29.5 Å². The number of methoxy groups -OCH3 is 1. The smallest absolute Gasteiger partial charge is 0.123 e. The van der Waals surface area contributed by atoms with Crippen molar-refractivity contribution in [3.8, 4) is 0 Å². The van der Waals surface area contributed by atoms with E-state index in [1.807, 2.05) is 0 Å². The molecule has 3 aliphatic carbocycles. The number of ether oxygens (including phenoxy) is 1. The van der Waals surface area contributed by atoms with Crippen molar-refractivity contribution in [2.24, 2.45) is 5.92 Å². The van der Waals surface area contributed by atoms with E-state index in [1.54, 1.807) is 7.11 Å². The van der Waals surface area contributed by atoms with Gasteiger partial charge in [0.1, 0.15) is 11.2 Å². The van der Waals surface area contributed by atoms with Crippen LogP contribution in [0.1, 0.15) is 36.0 Å². The quantitative estimate of drug-likeness (QED) is 0.480. The van der Waals surface area contributed by atoms with E-state index in [9.17, 15) is 5.11 Å². The molecule has 0 amide bonds. The fourth-order valence-corrected chi connectivity index (χ4v) is 5.39. The van der Waals surface area contributed by atoms with Gasteiger partial charge in [-0.2, -0.15) is 0 Å². The SMILES string of the molecule is CO[C@@]12C=C[C@@H](CC1)C[C@]2(O)c1ccc2ccc3c(C)ccc(C)c3c2c1. The van der Waals surface area contributed by atoms with E-state index < -0.39 is 11.2 Å². The van der Waals surface area contributed by atoms with Gasteiger partial charge < -0.3 is 9.84 Å². The largest absolute Gasteiger partial charge is 0.382 e. The molecule has 0 spiro atoms. The molecule has 2 heteroatoms. The number of hydrogen-bond acceptors (Lipinski definition) is 2. The van der Waals surface area contributed by atoms with Crippen LogP contribution in [-0.4, -0.2) is 17.8 Å². The molecular weight excluding hydrogens is 332 g/mol. The van der Waals surface area contributed by atoms with E-state index in [0.717, 1.165) is 24.8 Å². The molecule has 1 fully saturated rings. The lowest BCUT2D eigenvalue weighted by atomic mass is 9.60. The maximum Gasteiger partial charge on any atom is 0.123 e. The van der Waals surface area contributed by atoms with Gasteiger partial charge in [-0.05, 0) is 83.3 Å². The monoisotopic (exact) mass is 358 g/mol. The summed E-state index contributed by atoms with van der Waals surface area (Å²) in [6.45, 7) is 4.33. The Balaban J connectivity index is 1.79. The van der Waals surface area contributed by atoms with Gasteiger partial charge in [-0.15, -0.1) is 0 Å². The minimum absolute atomic E-state index is 0.430. The average Bonchev–Trinajstić information content (AvgIpc) is 2.70. The van der Waals surface area contributed by atoms with Gasteiger partial charge in [0.15, 0.2) is 0 Å². The van der Waals surface area contributed by atoms with E-state index in [0.29, 0.717) is 5.92 Å². The maximum atomic E-state index is 11.9. The molecule has 0 aromatic heterocycles. The normalized spacial score (nSPS) is 29.7. The Morgan fingerprint density at radius 2 is 1.78 bits per heavy atom. The Bertz CT molecular complexity index is 1100. The van der Waals surface area contributed by atoms with E-state index in [2.05, 4.69) is 68.5 Å². The minimum atomic E-state index is -0.979. The van der Waals surface area contributed by atoms with Crippen molar-refractivity contribution >= 4 is 21.5 Å². The van der Waals surface area contributed by atoms with E-state index >= 15 is 0 Å². The van der Waals surface area contributed by atoms with Crippen molar-refractivity contribution in [3.63, 3.8) is 0 Å².